The number of hydrogen-bond donors (Lipinski definition) is 0. The molecule has 7 nitrogen and oxygen atoms in total. The van der Waals surface area contributed by atoms with Crippen molar-refractivity contribution in [3.8, 4) is 0 Å². The fourth-order valence-electron chi connectivity index (χ4n) is 4.94. The second-order valence-electron chi connectivity index (χ2n) is 10.1. The van der Waals surface area contributed by atoms with Crippen LogP contribution in [0.15, 0.2) is 53.4 Å². The minimum atomic E-state index is -5.38. The number of anilines is 1. The summed E-state index contributed by atoms with van der Waals surface area (Å²) in [7, 11) is -4.63. The summed E-state index contributed by atoms with van der Waals surface area (Å²) < 4.78 is 95.5. The third kappa shape index (κ3) is 7.46. The van der Waals surface area contributed by atoms with Gasteiger partial charge in [-0.15, -0.1) is 0 Å². The van der Waals surface area contributed by atoms with Crippen LogP contribution in [-0.2, 0) is 21.4 Å². The molecule has 0 radical (unpaired) electrons. The van der Waals surface area contributed by atoms with Gasteiger partial charge in [-0.2, -0.15) is 4.31 Å². The number of halogens is 5. The Labute approximate surface area is 267 Å². The molecule has 43 heavy (non-hydrogen) atoms. The number of carbonyl (C=O) groups is 2. The Balaban J connectivity index is 0.00000506. The quantitative estimate of drug-likeness (QED) is 0.155. The molecule has 224 valence electrons. The normalized spacial score (nSPS) is 13.9. The number of amides is 1. The van der Waals surface area contributed by atoms with E-state index in [4.69, 9.17) is 0 Å². The molecule has 1 aliphatic carbocycles. The van der Waals surface area contributed by atoms with Gasteiger partial charge < -0.3 is 14.8 Å². The van der Waals surface area contributed by atoms with Crippen LogP contribution in [0.25, 0.3) is 0 Å². The largest absolute Gasteiger partial charge is 1.00 e. The number of sulfonamides is 1. The van der Waals surface area contributed by atoms with Crippen LogP contribution in [0.2, 0.25) is 0 Å². The van der Waals surface area contributed by atoms with Gasteiger partial charge in [0.2, 0.25) is 21.7 Å². The fraction of sp³-hybridized carbons (Fsp3) is 0.310. The van der Waals surface area contributed by atoms with Gasteiger partial charge in [0.05, 0.1) is 19.1 Å². The van der Waals surface area contributed by atoms with Crippen LogP contribution in [0.1, 0.15) is 59.5 Å². The predicted octanol–water partition coefficient (Wildman–Crippen LogP) is 1.65. The molecule has 1 fully saturated rings. The maximum absolute atomic E-state index is 14.3. The van der Waals surface area contributed by atoms with E-state index in [0.717, 1.165) is 43.2 Å². The second kappa shape index (κ2) is 14.3. The molecule has 4 rings (SSSR count). The van der Waals surface area contributed by atoms with Crippen LogP contribution in [0.5, 0.6) is 0 Å². The van der Waals surface area contributed by atoms with Crippen molar-refractivity contribution in [1.29, 1.82) is 0 Å². The topological polar surface area (TPSA) is 97.8 Å². The standard InChI is InChI=1S/C29H27F5N2O5S.Na/c1-35(42(40,41)28-26(33)24(31)23(30)25(32)27(28)34)16-22(37)36(21-13-11-20(12-14-21)29(38)39)15-17-7-9-19(10-8-17)18-5-3-2-4-6-18;/h7-14,18H,2-6,15-16H2,1H3,(H,38,39);/q;+1/p-1. The molecule has 0 atom stereocenters. The molecule has 0 spiro atoms. The number of benzene rings is 3. The summed E-state index contributed by atoms with van der Waals surface area (Å²) in [6, 6.07) is 12.4. The number of carboxylic acids is 1. The Hall–Kier alpha value is -2.84. The molecular formula is C29H26F5N2NaO5S. The first-order valence-electron chi connectivity index (χ1n) is 13.0. The minimum absolute atomic E-state index is 0. The van der Waals surface area contributed by atoms with Crippen LogP contribution < -0.4 is 39.6 Å². The molecule has 0 saturated heterocycles. The number of hydrogen-bond acceptors (Lipinski definition) is 5. The molecule has 14 heteroatoms. The summed E-state index contributed by atoms with van der Waals surface area (Å²) in [5.74, 6) is -14.5. The molecule has 0 bridgehead atoms. The number of carboxylic acid groups (broad SMARTS) is 1. The molecular weight excluding hydrogens is 606 g/mol. The van der Waals surface area contributed by atoms with Crippen molar-refractivity contribution in [1.82, 2.24) is 4.31 Å². The van der Waals surface area contributed by atoms with Crippen LogP contribution >= 0.6 is 0 Å². The number of likely N-dealkylation sites (N-methyl/N-ethyl adjacent to an activating group) is 1. The Morgan fingerprint density at radius 2 is 1.33 bits per heavy atom. The Morgan fingerprint density at radius 1 is 0.814 bits per heavy atom. The maximum atomic E-state index is 14.3. The molecule has 0 aromatic heterocycles. The van der Waals surface area contributed by atoms with E-state index in [2.05, 4.69) is 0 Å². The molecule has 3 aromatic rings. The van der Waals surface area contributed by atoms with Crippen molar-refractivity contribution in [3.05, 3.63) is 94.3 Å². The van der Waals surface area contributed by atoms with E-state index in [0.29, 0.717) is 11.5 Å². The first kappa shape index (κ1) is 34.6. The van der Waals surface area contributed by atoms with Crippen LogP contribution in [0.4, 0.5) is 27.6 Å². The summed E-state index contributed by atoms with van der Waals surface area (Å²) in [4.78, 5) is 23.6. The van der Waals surface area contributed by atoms with Gasteiger partial charge >= 0.3 is 29.6 Å². The van der Waals surface area contributed by atoms with Gasteiger partial charge in [0.1, 0.15) is 0 Å². The zero-order valence-electron chi connectivity index (χ0n) is 23.4. The third-order valence-electron chi connectivity index (χ3n) is 7.31. The average Bonchev–Trinajstić information content (AvgIpc) is 2.98. The fourth-order valence-corrected chi connectivity index (χ4v) is 6.17. The van der Waals surface area contributed by atoms with Gasteiger partial charge in [0, 0.05) is 12.7 Å². The van der Waals surface area contributed by atoms with E-state index in [-0.39, 0.29) is 51.7 Å². The van der Waals surface area contributed by atoms with E-state index in [1.807, 2.05) is 12.1 Å². The molecule has 0 N–H and O–H groups in total. The molecule has 0 aliphatic heterocycles. The minimum Gasteiger partial charge on any atom is -0.545 e. The molecule has 1 saturated carbocycles. The molecule has 3 aromatic carbocycles. The van der Waals surface area contributed by atoms with E-state index in [9.17, 15) is 45.1 Å². The van der Waals surface area contributed by atoms with Crippen LogP contribution in [0.3, 0.4) is 0 Å². The number of carbonyl (C=O) groups excluding carboxylic acids is 2. The van der Waals surface area contributed by atoms with E-state index < -0.39 is 62.4 Å². The SMILES string of the molecule is CN(CC(=O)N(Cc1ccc(C2CCCCC2)cc1)c1ccc(C(=O)[O-])cc1)S(=O)(=O)c1c(F)c(F)c(F)c(F)c1F.[Na+]. The molecule has 0 heterocycles. The first-order chi connectivity index (χ1) is 19.8. The van der Waals surface area contributed by atoms with Crippen molar-refractivity contribution in [3.63, 3.8) is 0 Å². The van der Waals surface area contributed by atoms with Crippen LogP contribution in [-0.4, -0.2) is 38.2 Å². The van der Waals surface area contributed by atoms with Gasteiger partial charge in [-0.1, -0.05) is 55.7 Å². The van der Waals surface area contributed by atoms with Gasteiger partial charge in [0.25, 0.3) is 0 Å². The summed E-state index contributed by atoms with van der Waals surface area (Å²) in [6.07, 6.45) is 5.60. The van der Waals surface area contributed by atoms with Crippen molar-refractivity contribution in [2.45, 2.75) is 49.5 Å². The van der Waals surface area contributed by atoms with E-state index >= 15 is 0 Å². The Bertz CT molecular complexity index is 1570. The summed E-state index contributed by atoms with van der Waals surface area (Å²) >= 11 is 0. The first-order valence-corrected chi connectivity index (χ1v) is 14.4. The number of aromatic carboxylic acids is 1. The predicted molar refractivity (Wildman–Crippen MR) is 140 cm³/mol. The number of nitrogens with zero attached hydrogens (tertiary/aromatic N) is 2. The smallest absolute Gasteiger partial charge is 0.545 e. The van der Waals surface area contributed by atoms with E-state index in [1.165, 1.54) is 30.7 Å². The van der Waals surface area contributed by atoms with Crippen molar-refractivity contribution in [2.24, 2.45) is 0 Å². The molecule has 1 amide bonds. The van der Waals surface area contributed by atoms with Crippen molar-refractivity contribution >= 4 is 27.6 Å². The zero-order chi connectivity index (χ0) is 30.8. The molecule has 0 unspecified atom stereocenters. The zero-order valence-corrected chi connectivity index (χ0v) is 26.2. The monoisotopic (exact) mass is 632 g/mol. The van der Waals surface area contributed by atoms with Gasteiger partial charge in [-0.05, 0) is 47.6 Å². The number of rotatable bonds is 9. The van der Waals surface area contributed by atoms with Crippen molar-refractivity contribution < 1.29 is 74.6 Å². The van der Waals surface area contributed by atoms with E-state index in [1.54, 1.807) is 12.1 Å². The maximum Gasteiger partial charge on any atom is 1.00 e. The van der Waals surface area contributed by atoms with Crippen LogP contribution in [0, 0.1) is 29.1 Å². The van der Waals surface area contributed by atoms with Gasteiger partial charge in [-0.3, -0.25) is 4.79 Å². The summed E-state index contributed by atoms with van der Waals surface area (Å²) in [5, 5.41) is 11.2. The van der Waals surface area contributed by atoms with Crippen molar-refractivity contribution in [2.75, 3.05) is 18.5 Å². The van der Waals surface area contributed by atoms with Gasteiger partial charge in [0.15, 0.2) is 28.2 Å². The Kier molecular flexibility index (Phi) is 11.5. The summed E-state index contributed by atoms with van der Waals surface area (Å²) in [5.41, 5.74) is 1.75. The summed E-state index contributed by atoms with van der Waals surface area (Å²) in [6.45, 7) is -1.16. The molecule has 1 aliphatic rings. The third-order valence-corrected chi connectivity index (χ3v) is 9.13. The van der Waals surface area contributed by atoms with Gasteiger partial charge in [-0.25, -0.2) is 30.4 Å². The Morgan fingerprint density at radius 3 is 1.84 bits per heavy atom. The average molecular weight is 633 g/mol. The second-order valence-corrected chi connectivity index (χ2v) is 12.0.